The summed E-state index contributed by atoms with van der Waals surface area (Å²) in [5.41, 5.74) is -0.884. The van der Waals surface area contributed by atoms with Crippen LogP contribution in [0.1, 0.15) is 30.9 Å². The summed E-state index contributed by atoms with van der Waals surface area (Å²) in [6, 6.07) is -0.114. The van der Waals surface area contributed by atoms with Gasteiger partial charge in [-0.1, -0.05) is 11.6 Å². The van der Waals surface area contributed by atoms with E-state index in [1.165, 1.54) is 40.4 Å². The minimum atomic E-state index is -1.44. The van der Waals surface area contributed by atoms with E-state index in [0.717, 1.165) is 14.2 Å². The Balaban J connectivity index is 2.05. The molecule has 0 saturated heterocycles. The van der Waals surface area contributed by atoms with Gasteiger partial charge < -0.3 is 49.6 Å². The molecule has 5 aromatic rings. The molecule has 0 spiro atoms. The fourth-order valence-corrected chi connectivity index (χ4v) is 7.54. The molecule has 0 aromatic heterocycles. The molecule has 52 heavy (non-hydrogen) atoms. The number of rotatable bonds is 12. The third-order valence-electron chi connectivity index (χ3n) is 9.65. The van der Waals surface area contributed by atoms with Gasteiger partial charge in [-0.05, 0) is 19.2 Å². The monoisotopic (exact) mass is 716 g/mol. The molecular weight excluding hydrogens is 680 g/mol. The molecular formula is C37H36N2O13. The molecule has 272 valence electrons. The number of benzene rings is 5. The molecule has 0 aliphatic heterocycles. The Kier molecular flexibility index (Phi) is 9.19. The van der Waals surface area contributed by atoms with Crippen molar-refractivity contribution in [3.05, 3.63) is 49.3 Å². The summed E-state index contributed by atoms with van der Waals surface area (Å²) in [5.74, 6) is -3.63. The van der Waals surface area contributed by atoms with Gasteiger partial charge in [0.05, 0.1) is 76.8 Å². The van der Waals surface area contributed by atoms with Crippen LogP contribution >= 0.6 is 0 Å². The van der Waals surface area contributed by atoms with E-state index in [-0.39, 0.29) is 88.6 Å². The van der Waals surface area contributed by atoms with Gasteiger partial charge in [0.15, 0.2) is 5.75 Å². The number of ketones is 1. The number of aliphatic hydroxyl groups is 2. The van der Waals surface area contributed by atoms with Gasteiger partial charge in [-0.2, -0.15) is 0 Å². The van der Waals surface area contributed by atoms with Crippen LogP contribution in [0.2, 0.25) is 0 Å². The zero-order valence-corrected chi connectivity index (χ0v) is 29.3. The molecule has 5 N–H and O–H groups in total. The number of phenolic OH excluding ortho intramolecular Hbond substituents is 1. The zero-order valence-electron chi connectivity index (χ0n) is 29.3. The second-order valence-electron chi connectivity index (χ2n) is 12.4. The van der Waals surface area contributed by atoms with Crippen molar-refractivity contribution in [2.45, 2.75) is 31.8 Å². The number of carbonyl (C=O) groups excluding carboxylic acids is 3. The summed E-state index contributed by atoms with van der Waals surface area (Å²) >= 11 is 0. The predicted octanol–water partition coefficient (Wildman–Crippen LogP) is 2.61. The number of anilines is 2. The van der Waals surface area contributed by atoms with Crippen molar-refractivity contribution in [3.8, 4) is 23.0 Å². The quantitative estimate of drug-likeness (QED) is 0.0713. The fourth-order valence-electron chi connectivity index (χ4n) is 7.54. The van der Waals surface area contributed by atoms with E-state index in [0.29, 0.717) is 5.57 Å². The smallest absolute Gasteiger partial charge is 0.330 e. The maximum atomic E-state index is 15.0. The van der Waals surface area contributed by atoms with Gasteiger partial charge in [-0.15, -0.1) is 0 Å². The molecule has 1 aliphatic carbocycles. The number of hydrogen-bond donors (Lipinski definition) is 5. The standard InChI is InChI=1S/C37H36N2O13/c1-13-8-15-23-28-24(33(44)32(15)39-18(12-41)37(47)52-7)16(38-17(11-40)36(46)51-6)9-20(48-3)26(28)27-21(49-4)10-19(43)25-30(27)29(23)31(22(13)14(2)42)35(50-5)34(25)45/h8-10,17-18,22,38-41,43H,11-12H2,1-7H3. The number of aliphatic hydroxyl groups excluding tert-OH is 2. The molecule has 1 aliphatic rings. The Labute approximate surface area is 295 Å². The van der Waals surface area contributed by atoms with E-state index in [9.17, 15) is 34.5 Å². The average Bonchev–Trinajstić information content (AvgIpc) is 3.26. The maximum absolute atomic E-state index is 15.0. The number of phenols is 1. The molecule has 15 heteroatoms. The molecule has 5 aromatic carbocycles. The number of Topliss-reactive ketones (excluding diaryl/α,β-unsaturated/α-hetero) is 1. The van der Waals surface area contributed by atoms with E-state index in [1.54, 1.807) is 13.0 Å². The molecule has 0 bridgehead atoms. The van der Waals surface area contributed by atoms with Crippen LogP contribution in [0.5, 0.6) is 23.0 Å². The van der Waals surface area contributed by atoms with Crippen molar-refractivity contribution in [2.75, 3.05) is 59.4 Å². The first kappa shape index (κ1) is 35.9. The fraction of sp³-hybridized carbons (Fsp3) is 0.324. The van der Waals surface area contributed by atoms with Crippen LogP contribution in [0.25, 0.3) is 49.2 Å². The lowest BCUT2D eigenvalue weighted by Gasteiger charge is -2.26. The van der Waals surface area contributed by atoms with Crippen LogP contribution in [0.3, 0.4) is 0 Å². The number of fused-ring (bicyclic) bond motifs is 1. The van der Waals surface area contributed by atoms with Gasteiger partial charge >= 0.3 is 11.9 Å². The van der Waals surface area contributed by atoms with E-state index >= 15 is 4.79 Å². The van der Waals surface area contributed by atoms with Crippen molar-refractivity contribution in [2.24, 2.45) is 0 Å². The first-order valence-corrected chi connectivity index (χ1v) is 16.0. The topological polar surface area (TPSA) is 216 Å². The van der Waals surface area contributed by atoms with Crippen molar-refractivity contribution in [1.82, 2.24) is 0 Å². The average molecular weight is 717 g/mol. The lowest BCUT2D eigenvalue weighted by atomic mass is 9.80. The predicted molar refractivity (Wildman–Crippen MR) is 193 cm³/mol. The molecule has 0 amide bonds. The first-order chi connectivity index (χ1) is 24.8. The number of hydrogen-bond acceptors (Lipinski definition) is 15. The number of allylic oxidation sites excluding steroid dienone is 1. The summed E-state index contributed by atoms with van der Waals surface area (Å²) in [4.78, 5) is 68.5. The normalized spacial score (nSPS) is 15.0. The zero-order chi connectivity index (χ0) is 37.9. The Hall–Kier alpha value is -5.93. The van der Waals surface area contributed by atoms with Gasteiger partial charge in [0.2, 0.25) is 10.9 Å². The Morgan fingerprint density at radius 3 is 1.81 bits per heavy atom. The molecule has 0 heterocycles. The molecule has 15 nitrogen and oxygen atoms in total. The minimum absolute atomic E-state index is 0.00832. The number of methoxy groups -OCH3 is 5. The highest BCUT2D eigenvalue weighted by atomic mass is 16.5. The van der Waals surface area contributed by atoms with E-state index < -0.39 is 59.8 Å². The highest BCUT2D eigenvalue weighted by Crippen LogP contribution is 2.56. The molecule has 3 unspecified atom stereocenters. The van der Waals surface area contributed by atoms with E-state index in [1.807, 2.05) is 0 Å². The second-order valence-corrected chi connectivity index (χ2v) is 12.4. The van der Waals surface area contributed by atoms with Crippen molar-refractivity contribution in [1.29, 1.82) is 0 Å². The summed E-state index contributed by atoms with van der Waals surface area (Å²) in [5, 5.41) is 38.8. The molecule has 0 fully saturated rings. The van der Waals surface area contributed by atoms with Gasteiger partial charge in [-0.25, -0.2) is 9.59 Å². The Morgan fingerprint density at radius 1 is 0.731 bits per heavy atom. The SMILES string of the molecule is COC(=O)C(CO)Nc1c2c3c4c(c(OC)c(=O)c5c(O)cc(OC)c(c6c(OC)cc(NC(CO)C(=O)OC)c(c1=O)c63)c54)C(C(C)=O)C(C)=C2. The number of ether oxygens (including phenoxy) is 5. The Morgan fingerprint density at radius 2 is 1.29 bits per heavy atom. The van der Waals surface area contributed by atoms with Crippen LogP contribution in [-0.2, 0) is 23.9 Å². The minimum Gasteiger partial charge on any atom is -0.507 e. The van der Waals surface area contributed by atoms with Gasteiger partial charge in [0.25, 0.3) is 0 Å². The van der Waals surface area contributed by atoms with Crippen LogP contribution in [0, 0.1) is 0 Å². The highest BCUT2D eigenvalue weighted by Gasteiger charge is 2.38. The molecule has 0 saturated carbocycles. The first-order valence-electron chi connectivity index (χ1n) is 16.0. The third-order valence-corrected chi connectivity index (χ3v) is 9.65. The number of esters is 2. The maximum Gasteiger partial charge on any atom is 0.330 e. The van der Waals surface area contributed by atoms with Crippen LogP contribution in [0.4, 0.5) is 11.4 Å². The van der Waals surface area contributed by atoms with E-state index in [2.05, 4.69) is 10.6 Å². The largest absolute Gasteiger partial charge is 0.507 e. The van der Waals surface area contributed by atoms with Gasteiger partial charge in [0.1, 0.15) is 35.1 Å². The van der Waals surface area contributed by atoms with Crippen molar-refractivity contribution < 1.29 is 53.4 Å². The molecule has 0 radical (unpaired) electrons. The van der Waals surface area contributed by atoms with Gasteiger partial charge in [0, 0.05) is 50.2 Å². The molecule has 3 atom stereocenters. The van der Waals surface area contributed by atoms with Crippen molar-refractivity contribution >= 4 is 78.3 Å². The summed E-state index contributed by atoms with van der Waals surface area (Å²) < 4.78 is 27.2. The number of aromatic hydroxyl groups is 1. The third kappa shape index (κ3) is 4.98. The number of nitrogens with one attached hydrogen (secondary N) is 2. The van der Waals surface area contributed by atoms with Crippen LogP contribution in [-0.4, -0.2) is 93.9 Å². The van der Waals surface area contributed by atoms with Crippen LogP contribution in [0.15, 0.2) is 27.3 Å². The lowest BCUT2D eigenvalue weighted by molar-refractivity contribution is -0.143. The van der Waals surface area contributed by atoms with Crippen molar-refractivity contribution in [3.63, 3.8) is 0 Å². The van der Waals surface area contributed by atoms with E-state index in [4.69, 9.17) is 23.7 Å². The molecule has 6 rings (SSSR count). The Bertz CT molecular complexity index is 2480. The second kappa shape index (κ2) is 13.3. The summed E-state index contributed by atoms with van der Waals surface area (Å²) in [6.45, 7) is 1.47. The summed E-state index contributed by atoms with van der Waals surface area (Å²) in [7, 11) is 6.25. The summed E-state index contributed by atoms with van der Waals surface area (Å²) in [6.07, 6.45) is 1.58. The highest BCUT2D eigenvalue weighted by molar-refractivity contribution is 6.40. The number of carbonyl (C=O) groups is 3. The lowest BCUT2D eigenvalue weighted by Crippen LogP contribution is -2.36. The van der Waals surface area contributed by atoms with Crippen LogP contribution < -0.4 is 35.7 Å². The van der Waals surface area contributed by atoms with Gasteiger partial charge in [-0.3, -0.25) is 14.4 Å².